The second-order valence-corrected chi connectivity index (χ2v) is 9.38. The number of carbonyl (C=O) groups is 2. The monoisotopic (exact) mass is 593 g/mol. The molecule has 0 aromatic heterocycles. The van der Waals surface area contributed by atoms with E-state index in [-0.39, 0.29) is 24.3 Å². The largest absolute Gasteiger partial charge is 0.493 e. The van der Waals surface area contributed by atoms with Crippen molar-refractivity contribution in [3.8, 4) is 11.5 Å². The van der Waals surface area contributed by atoms with Crippen molar-refractivity contribution in [1.82, 2.24) is 4.90 Å². The van der Waals surface area contributed by atoms with Gasteiger partial charge in [-0.3, -0.25) is 14.5 Å². The van der Waals surface area contributed by atoms with E-state index in [1.54, 1.807) is 30.3 Å². The lowest BCUT2D eigenvalue weighted by atomic mass is 10.1. The van der Waals surface area contributed by atoms with Crippen LogP contribution in [0.4, 0.5) is 4.79 Å². The van der Waals surface area contributed by atoms with Gasteiger partial charge < -0.3 is 14.2 Å². The van der Waals surface area contributed by atoms with Crippen LogP contribution in [-0.4, -0.2) is 43.4 Å². The second-order valence-electron chi connectivity index (χ2n) is 6.38. The molecular weight excluding hydrogens is 576 g/mol. The molecule has 2 aromatic carbocycles. The van der Waals surface area contributed by atoms with Crippen LogP contribution in [0.3, 0.4) is 0 Å². The minimum absolute atomic E-state index is 0.222. The van der Waals surface area contributed by atoms with Gasteiger partial charge in [0.15, 0.2) is 11.5 Å². The molecule has 10 heteroatoms. The van der Waals surface area contributed by atoms with Crippen molar-refractivity contribution in [2.45, 2.75) is 6.61 Å². The molecule has 2 aromatic rings. The first-order valence-electron chi connectivity index (χ1n) is 9.02. The van der Waals surface area contributed by atoms with E-state index in [0.29, 0.717) is 33.1 Å². The molecule has 0 saturated carbocycles. The Morgan fingerprint density at radius 1 is 1.16 bits per heavy atom. The summed E-state index contributed by atoms with van der Waals surface area (Å²) in [5.41, 5.74) is 1.51. The lowest BCUT2D eigenvalue weighted by Crippen LogP contribution is -2.31. The molecule has 1 saturated heterocycles. The van der Waals surface area contributed by atoms with E-state index >= 15 is 0 Å². The Bertz CT molecular complexity index is 1050. The van der Waals surface area contributed by atoms with E-state index < -0.39 is 0 Å². The zero-order chi connectivity index (χ0) is 22.5. The van der Waals surface area contributed by atoms with Crippen LogP contribution in [0.2, 0.25) is 10.0 Å². The van der Waals surface area contributed by atoms with Crippen molar-refractivity contribution in [3.05, 3.63) is 60.0 Å². The number of hydrogen-bond acceptors (Lipinski definition) is 6. The summed E-state index contributed by atoms with van der Waals surface area (Å²) < 4.78 is 17.2. The number of imide groups is 1. The highest BCUT2D eigenvalue weighted by atomic mass is 127. The van der Waals surface area contributed by atoms with E-state index in [0.717, 1.165) is 26.5 Å². The highest BCUT2D eigenvalue weighted by Gasteiger charge is 2.34. The summed E-state index contributed by atoms with van der Waals surface area (Å²) in [6, 6.07) is 8.82. The van der Waals surface area contributed by atoms with Gasteiger partial charge >= 0.3 is 0 Å². The number of thioether (sulfide) groups is 1. The summed E-state index contributed by atoms with van der Waals surface area (Å²) in [5, 5.41) is 0.758. The van der Waals surface area contributed by atoms with Gasteiger partial charge in [0.25, 0.3) is 11.1 Å². The Morgan fingerprint density at radius 2 is 1.94 bits per heavy atom. The lowest BCUT2D eigenvalue weighted by Gasteiger charge is -2.14. The van der Waals surface area contributed by atoms with Crippen LogP contribution < -0.4 is 9.47 Å². The van der Waals surface area contributed by atoms with Crippen LogP contribution in [0, 0.1) is 3.57 Å². The lowest BCUT2D eigenvalue weighted by molar-refractivity contribution is -0.123. The molecular formula is C21H18Cl2INO5S. The first kappa shape index (κ1) is 24.2. The number of hydrogen-bond donors (Lipinski definition) is 0. The number of ether oxygens (including phenoxy) is 3. The maximum atomic E-state index is 12.5. The second kappa shape index (κ2) is 10.9. The summed E-state index contributed by atoms with van der Waals surface area (Å²) in [6.45, 7) is 0.750. The molecule has 6 nitrogen and oxygen atoms in total. The van der Waals surface area contributed by atoms with Crippen molar-refractivity contribution < 1.29 is 23.8 Å². The number of amides is 2. The molecule has 1 fully saturated rings. The molecule has 0 unspecified atom stereocenters. The third-order valence-electron chi connectivity index (χ3n) is 4.33. The smallest absolute Gasteiger partial charge is 0.293 e. The van der Waals surface area contributed by atoms with Crippen molar-refractivity contribution in [2.24, 2.45) is 0 Å². The molecule has 0 atom stereocenters. The van der Waals surface area contributed by atoms with Gasteiger partial charge in [0.2, 0.25) is 0 Å². The van der Waals surface area contributed by atoms with Crippen LogP contribution in [-0.2, 0) is 16.1 Å². The third-order valence-corrected chi connectivity index (χ3v) is 6.62. The molecule has 0 radical (unpaired) electrons. The molecule has 2 amide bonds. The maximum absolute atomic E-state index is 12.5. The highest BCUT2D eigenvalue weighted by molar-refractivity contribution is 14.1. The van der Waals surface area contributed by atoms with Crippen molar-refractivity contribution in [1.29, 1.82) is 0 Å². The summed E-state index contributed by atoms with van der Waals surface area (Å²) in [6.07, 6.45) is 1.67. The zero-order valence-electron chi connectivity index (χ0n) is 16.6. The molecule has 3 rings (SSSR count). The fraction of sp³-hybridized carbons (Fsp3) is 0.238. The quantitative estimate of drug-likeness (QED) is 0.282. The van der Waals surface area contributed by atoms with Crippen molar-refractivity contribution in [2.75, 3.05) is 27.4 Å². The fourth-order valence-corrected chi connectivity index (χ4v) is 4.89. The number of benzene rings is 2. The van der Waals surface area contributed by atoms with Crippen molar-refractivity contribution >= 4 is 74.8 Å². The minimum atomic E-state index is -0.335. The first-order valence-corrected chi connectivity index (χ1v) is 11.7. The van der Waals surface area contributed by atoms with E-state index in [1.165, 1.54) is 19.1 Å². The van der Waals surface area contributed by atoms with E-state index in [9.17, 15) is 9.59 Å². The maximum Gasteiger partial charge on any atom is 0.293 e. The van der Waals surface area contributed by atoms with Crippen LogP contribution in [0.1, 0.15) is 11.1 Å². The number of rotatable bonds is 8. The normalized spacial score (nSPS) is 15.1. The van der Waals surface area contributed by atoms with Gasteiger partial charge in [-0.1, -0.05) is 29.3 Å². The van der Waals surface area contributed by atoms with E-state index in [1.807, 2.05) is 6.07 Å². The predicted octanol–water partition coefficient (Wildman–Crippen LogP) is 5.87. The van der Waals surface area contributed by atoms with Crippen molar-refractivity contribution in [3.63, 3.8) is 0 Å². The van der Waals surface area contributed by atoms with Crippen LogP contribution >= 0.6 is 57.6 Å². The van der Waals surface area contributed by atoms with Crippen LogP contribution in [0.5, 0.6) is 11.5 Å². The summed E-state index contributed by atoms with van der Waals surface area (Å²) in [7, 11) is 3.06. The molecule has 0 N–H and O–H groups in total. The molecule has 164 valence electrons. The number of halogens is 3. The molecule has 0 bridgehead atoms. The summed E-state index contributed by atoms with van der Waals surface area (Å²) >= 11 is 15.2. The van der Waals surface area contributed by atoms with Gasteiger partial charge in [-0.05, 0) is 70.3 Å². The standard InChI is InChI=1S/C21H18Cl2INO5S/c1-28-6-5-25-20(26)18(31-21(25)27)9-12-7-16(24)19(17(8-12)29-2)30-11-13-3-4-14(22)10-15(13)23/h3-4,7-10H,5-6,11H2,1-2H3/b18-9+. The highest BCUT2D eigenvalue weighted by Crippen LogP contribution is 2.38. The number of methoxy groups -OCH3 is 2. The molecule has 1 aliphatic heterocycles. The summed E-state index contributed by atoms with van der Waals surface area (Å²) in [4.78, 5) is 26.2. The predicted molar refractivity (Wildman–Crippen MR) is 131 cm³/mol. The van der Waals surface area contributed by atoms with Gasteiger partial charge in [-0.25, -0.2) is 0 Å². The van der Waals surface area contributed by atoms with Crippen LogP contribution in [0.15, 0.2) is 35.2 Å². The Kier molecular flexibility index (Phi) is 8.51. The molecule has 0 spiro atoms. The van der Waals surface area contributed by atoms with E-state index in [2.05, 4.69) is 22.6 Å². The fourth-order valence-electron chi connectivity index (χ4n) is 2.78. The van der Waals surface area contributed by atoms with E-state index in [4.69, 9.17) is 37.4 Å². The Hall–Kier alpha value is -1.46. The topological polar surface area (TPSA) is 65.1 Å². The van der Waals surface area contributed by atoms with Gasteiger partial charge in [0, 0.05) is 22.7 Å². The molecule has 31 heavy (non-hydrogen) atoms. The Morgan fingerprint density at radius 3 is 2.61 bits per heavy atom. The number of carbonyl (C=O) groups excluding carboxylic acids is 2. The molecule has 1 heterocycles. The van der Waals surface area contributed by atoms with Crippen LogP contribution in [0.25, 0.3) is 6.08 Å². The Labute approximate surface area is 207 Å². The Balaban J connectivity index is 1.81. The molecule has 1 aliphatic rings. The molecule has 0 aliphatic carbocycles. The average molecular weight is 594 g/mol. The third kappa shape index (κ3) is 5.87. The SMILES string of the molecule is COCCN1C(=O)S/C(=C/c2cc(I)c(OCc3ccc(Cl)cc3Cl)c(OC)c2)C1=O. The first-order chi connectivity index (χ1) is 14.8. The number of nitrogens with zero attached hydrogens (tertiary/aromatic N) is 1. The minimum Gasteiger partial charge on any atom is -0.493 e. The van der Waals surface area contributed by atoms with Gasteiger partial charge in [-0.2, -0.15) is 0 Å². The average Bonchev–Trinajstić information content (AvgIpc) is 2.99. The van der Waals surface area contributed by atoms with Gasteiger partial charge in [-0.15, -0.1) is 0 Å². The van der Waals surface area contributed by atoms with Gasteiger partial charge in [0.1, 0.15) is 6.61 Å². The van der Waals surface area contributed by atoms with Gasteiger partial charge in [0.05, 0.1) is 28.7 Å². The summed E-state index contributed by atoms with van der Waals surface area (Å²) in [5.74, 6) is 0.722. The zero-order valence-corrected chi connectivity index (χ0v) is 21.1.